The number of anilines is 1. The van der Waals surface area contributed by atoms with Crippen LogP contribution in [0.15, 0.2) is 12.4 Å². The van der Waals surface area contributed by atoms with E-state index in [1.54, 1.807) is 19.3 Å². The van der Waals surface area contributed by atoms with E-state index >= 15 is 0 Å². The number of amides is 1. The fourth-order valence-electron chi connectivity index (χ4n) is 6.38. The Hall–Kier alpha value is -2.69. The van der Waals surface area contributed by atoms with E-state index in [1.165, 1.54) is 6.92 Å². The Kier molecular flexibility index (Phi) is 7.17. The molecule has 2 bridgehead atoms. The van der Waals surface area contributed by atoms with Crippen molar-refractivity contribution < 1.29 is 27.8 Å². The molecule has 1 saturated carbocycles. The number of hydrogen-bond acceptors (Lipinski definition) is 7. The van der Waals surface area contributed by atoms with Crippen LogP contribution in [0.2, 0.25) is 0 Å². The van der Waals surface area contributed by atoms with E-state index in [4.69, 9.17) is 4.74 Å². The molecule has 1 aliphatic carbocycles. The van der Waals surface area contributed by atoms with E-state index in [9.17, 15) is 23.1 Å². The van der Waals surface area contributed by atoms with Gasteiger partial charge in [-0.05, 0) is 51.4 Å². The monoisotopic (exact) mass is 521 g/mol. The summed E-state index contributed by atoms with van der Waals surface area (Å²) in [7, 11) is 0. The Labute approximate surface area is 214 Å². The minimum atomic E-state index is -4.29. The molecule has 2 aromatic heterocycles. The summed E-state index contributed by atoms with van der Waals surface area (Å²) >= 11 is 0. The molecule has 3 aliphatic rings. The number of rotatable bonds is 6. The summed E-state index contributed by atoms with van der Waals surface area (Å²) in [5.41, 5.74) is 1.52. The lowest BCUT2D eigenvalue weighted by atomic mass is 9.83. The predicted octanol–water partition coefficient (Wildman–Crippen LogP) is 4.72. The van der Waals surface area contributed by atoms with E-state index in [2.05, 4.69) is 20.3 Å². The van der Waals surface area contributed by atoms with Crippen molar-refractivity contribution in [2.75, 3.05) is 5.32 Å². The fourth-order valence-corrected chi connectivity index (χ4v) is 6.38. The molecule has 0 unspecified atom stereocenters. The molecule has 2 saturated heterocycles. The average Bonchev–Trinajstić information content (AvgIpc) is 3.09. The highest BCUT2D eigenvalue weighted by molar-refractivity contribution is 5.86. The first-order valence-corrected chi connectivity index (χ1v) is 13.2. The van der Waals surface area contributed by atoms with Gasteiger partial charge in [0.25, 0.3) is 0 Å². The third-order valence-corrected chi connectivity index (χ3v) is 7.99. The minimum absolute atomic E-state index is 0.0934. The van der Waals surface area contributed by atoms with Gasteiger partial charge in [-0.25, -0.2) is 15.0 Å². The number of pyridine rings is 1. The standard InChI is InChI=1S/C26H34F3N5O3/c1-14(11-26(27,28)29)32-25-31-13-22-23(33-25)21(16-3-7-19(36)8-4-16)12-30-24(22)37-20-9-17-5-6-18(10-20)34(17)15(2)35/h12-14,16-20,36H,3-11H2,1-2H3,(H,31,32,33)/t14-,16-,17-,18+,19-,20-/m0/s1. The lowest BCUT2D eigenvalue weighted by Crippen LogP contribution is -2.48. The normalized spacial score (nSPS) is 28.8. The summed E-state index contributed by atoms with van der Waals surface area (Å²) < 4.78 is 45.0. The topological polar surface area (TPSA) is 100 Å². The molecule has 3 fully saturated rings. The van der Waals surface area contributed by atoms with Crippen LogP contribution in [0, 0.1) is 0 Å². The highest BCUT2D eigenvalue weighted by atomic mass is 19.4. The predicted molar refractivity (Wildman–Crippen MR) is 131 cm³/mol. The third kappa shape index (κ3) is 5.76. The molecule has 0 aromatic carbocycles. The summed E-state index contributed by atoms with van der Waals surface area (Å²) in [4.78, 5) is 27.6. The van der Waals surface area contributed by atoms with Crippen LogP contribution in [0.4, 0.5) is 19.1 Å². The van der Waals surface area contributed by atoms with Crippen LogP contribution in [-0.2, 0) is 4.79 Å². The molecule has 2 aliphatic heterocycles. The number of aliphatic hydroxyl groups excluding tert-OH is 1. The summed E-state index contributed by atoms with van der Waals surface area (Å²) in [5.74, 6) is 0.776. The van der Waals surface area contributed by atoms with Crippen molar-refractivity contribution in [1.29, 1.82) is 0 Å². The van der Waals surface area contributed by atoms with Crippen molar-refractivity contribution in [2.24, 2.45) is 0 Å². The van der Waals surface area contributed by atoms with E-state index in [1.807, 2.05) is 4.90 Å². The molecule has 37 heavy (non-hydrogen) atoms. The van der Waals surface area contributed by atoms with Crippen molar-refractivity contribution in [3.63, 3.8) is 0 Å². The third-order valence-electron chi connectivity index (χ3n) is 7.99. The molecule has 4 heterocycles. The summed E-state index contributed by atoms with van der Waals surface area (Å²) in [5, 5.41) is 13.4. The molecule has 5 rings (SSSR count). The lowest BCUT2D eigenvalue weighted by molar-refractivity contribution is -0.136. The Morgan fingerprint density at radius 2 is 1.81 bits per heavy atom. The first kappa shape index (κ1) is 25.9. The average molecular weight is 522 g/mol. The number of aromatic nitrogens is 3. The van der Waals surface area contributed by atoms with Crippen LogP contribution >= 0.6 is 0 Å². The number of ether oxygens (including phenoxy) is 1. The van der Waals surface area contributed by atoms with Gasteiger partial charge in [-0.1, -0.05) is 0 Å². The lowest BCUT2D eigenvalue weighted by Gasteiger charge is -2.38. The van der Waals surface area contributed by atoms with Crippen LogP contribution in [0.5, 0.6) is 5.88 Å². The van der Waals surface area contributed by atoms with Crippen molar-refractivity contribution in [2.45, 2.75) is 114 Å². The second-order valence-electron chi connectivity index (χ2n) is 10.9. The number of fused-ring (bicyclic) bond motifs is 3. The molecule has 0 radical (unpaired) electrons. The molecule has 11 heteroatoms. The van der Waals surface area contributed by atoms with Crippen LogP contribution in [-0.4, -0.2) is 67.4 Å². The SMILES string of the molecule is CC(=O)N1[C@@H]2CC[C@H]1C[C@H](Oc1ncc([C@H]3CC[C@H](O)CC3)c3nc(N[C@@H](C)CC(F)(F)F)ncc13)C2. The van der Waals surface area contributed by atoms with E-state index in [0.29, 0.717) is 29.6 Å². The van der Waals surface area contributed by atoms with Crippen LogP contribution in [0.3, 0.4) is 0 Å². The molecule has 8 nitrogen and oxygen atoms in total. The van der Waals surface area contributed by atoms with Gasteiger partial charge in [-0.2, -0.15) is 13.2 Å². The summed E-state index contributed by atoms with van der Waals surface area (Å²) in [6.07, 6.45) is 3.97. The molecule has 2 N–H and O–H groups in total. The van der Waals surface area contributed by atoms with Crippen LogP contribution < -0.4 is 10.1 Å². The second kappa shape index (κ2) is 10.2. The highest BCUT2D eigenvalue weighted by Crippen LogP contribution is 2.40. The number of piperidine rings is 1. The maximum absolute atomic E-state index is 12.9. The van der Waals surface area contributed by atoms with Gasteiger partial charge in [0.2, 0.25) is 17.7 Å². The number of nitrogens with zero attached hydrogens (tertiary/aromatic N) is 4. The number of aliphatic hydroxyl groups is 1. The van der Waals surface area contributed by atoms with Gasteiger partial charge in [0.05, 0.1) is 23.4 Å². The van der Waals surface area contributed by atoms with Crippen molar-refractivity contribution in [1.82, 2.24) is 19.9 Å². The number of alkyl halides is 3. The highest BCUT2D eigenvalue weighted by Gasteiger charge is 2.43. The maximum atomic E-state index is 12.9. The molecule has 4 atom stereocenters. The smallest absolute Gasteiger partial charge is 0.391 e. The Balaban J connectivity index is 1.43. The number of halogens is 3. The zero-order valence-corrected chi connectivity index (χ0v) is 21.2. The van der Waals surface area contributed by atoms with Crippen molar-refractivity contribution >= 4 is 22.8 Å². The molecule has 0 spiro atoms. The quantitative estimate of drug-likeness (QED) is 0.568. The Morgan fingerprint density at radius 1 is 1.14 bits per heavy atom. The van der Waals surface area contributed by atoms with Crippen molar-refractivity contribution in [3.05, 3.63) is 18.0 Å². The first-order valence-electron chi connectivity index (χ1n) is 13.2. The van der Waals surface area contributed by atoms with Gasteiger partial charge in [0.1, 0.15) is 6.10 Å². The van der Waals surface area contributed by atoms with Crippen molar-refractivity contribution in [3.8, 4) is 5.88 Å². The number of hydrogen-bond donors (Lipinski definition) is 2. The minimum Gasteiger partial charge on any atom is -0.474 e. The number of carbonyl (C=O) groups is 1. The molecule has 202 valence electrons. The maximum Gasteiger partial charge on any atom is 0.391 e. The summed E-state index contributed by atoms with van der Waals surface area (Å²) in [6, 6.07) is -0.546. The van der Waals surface area contributed by atoms with E-state index < -0.39 is 18.6 Å². The van der Waals surface area contributed by atoms with Gasteiger partial charge in [-0.15, -0.1) is 0 Å². The van der Waals surface area contributed by atoms with Gasteiger partial charge in [0, 0.05) is 55.8 Å². The molecule has 1 amide bonds. The van der Waals surface area contributed by atoms with Gasteiger partial charge < -0.3 is 20.1 Å². The van der Waals surface area contributed by atoms with E-state index in [0.717, 1.165) is 44.1 Å². The van der Waals surface area contributed by atoms with Crippen LogP contribution in [0.25, 0.3) is 10.9 Å². The Morgan fingerprint density at radius 3 is 2.43 bits per heavy atom. The molecule has 2 aromatic rings. The second-order valence-corrected chi connectivity index (χ2v) is 10.9. The van der Waals surface area contributed by atoms with Gasteiger partial charge in [0.15, 0.2) is 0 Å². The zero-order chi connectivity index (χ0) is 26.3. The fraction of sp³-hybridized carbons (Fsp3) is 0.692. The Bertz CT molecular complexity index is 1120. The van der Waals surface area contributed by atoms with E-state index in [-0.39, 0.29) is 42.1 Å². The summed E-state index contributed by atoms with van der Waals surface area (Å²) in [6.45, 7) is 3.07. The largest absolute Gasteiger partial charge is 0.474 e. The van der Waals surface area contributed by atoms with Crippen LogP contribution in [0.1, 0.15) is 83.1 Å². The molecular formula is C26H34F3N5O3. The number of carbonyl (C=O) groups excluding carboxylic acids is 1. The zero-order valence-electron chi connectivity index (χ0n) is 21.2. The number of nitrogens with one attached hydrogen (secondary N) is 1. The van der Waals surface area contributed by atoms with Gasteiger partial charge in [-0.3, -0.25) is 4.79 Å². The first-order chi connectivity index (χ1) is 17.6. The molecular weight excluding hydrogens is 487 g/mol. The van der Waals surface area contributed by atoms with Gasteiger partial charge >= 0.3 is 6.18 Å².